The summed E-state index contributed by atoms with van der Waals surface area (Å²) in [6, 6.07) is 10.3. The van der Waals surface area contributed by atoms with Gasteiger partial charge in [-0.3, -0.25) is 4.90 Å². The van der Waals surface area contributed by atoms with E-state index in [1.165, 1.54) is 11.1 Å². The number of methoxy groups -OCH3 is 1. The van der Waals surface area contributed by atoms with Gasteiger partial charge in [-0.1, -0.05) is 19.1 Å². The maximum Gasteiger partial charge on any atom is 0.118 e. The molecule has 1 aromatic carbocycles. The van der Waals surface area contributed by atoms with Crippen molar-refractivity contribution in [1.82, 2.24) is 10.2 Å². The van der Waals surface area contributed by atoms with Gasteiger partial charge in [0, 0.05) is 18.7 Å². The number of hydrogen-bond donors (Lipinski definition) is 1. The van der Waals surface area contributed by atoms with Gasteiger partial charge in [-0.05, 0) is 37.4 Å². The average Bonchev–Trinajstić information content (AvgIpc) is 2.93. The van der Waals surface area contributed by atoms with Gasteiger partial charge < -0.3 is 14.5 Å². The van der Waals surface area contributed by atoms with Crippen LogP contribution in [-0.2, 0) is 19.6 Å². The third-order valence-electron chi connectivity index (χ3n) is 3.32. The molecular formula is C17H24N2O2. The molecule has 21 heavy (non-hydrogen) atoms. The SMILES string of the molecule is CCNCc1coc(CN(C)Cc2ccc(OC)cc2)c1. The van der Waals surface area contributed by atoms with E-state index in [-0.39, 0.29) is 0 Å². The minimum absolute atomic E-state index is 0.804. The summed E-state index contributed by atoms with van der Waals surface area (Å²) >= 11 is 0. The van der Waals surface area contributed by atoms with E-state index in [4.69, 9.17) is 9.15 Å². The van der Waals surface area contributed by atoms with Gasteiger partial charge in [0.05, 0.1) is 19.9 Å². The highest BCUT2D eigenvalue weighted by Crippen LogP contribution is 2.15. The minimum atomic E-state index is 0.804. The molecule has 1 N–H and O–H groups in total. The molecule has 0 aliphatic carbocycles. The van der Waals surface area contributed by atoms with E-state index in [1.807, 2.05) is 18.4 Å². The quantitative estimate of drug-likeness (QED) is 0.810. The number of hydrogen-bond acceptors (Lipinski definition) is 4. The first kappa shape index (κ1) is 15.6. The van der Waals surface area contributed by atoms with Crippen LogP contribution in [0, 0.1) is 0 Å². The molecule has 114 valence electrons. The molecule has 0 saturated carbocycles. The molecule has 0 radical (unpaired) electrons. The molecule has 1 aromatic heterocycles. The van der Waals surface area contributed by atoms with Gasteiger partial charge in [-0.25, -0.2) is 0 Å². The van der Waals surface area contributed by atoms with Crippen LogP contribution in [0.2, 0.25) is 0 Å². The Balaban J connectivity index is 1.85. The molecule has 0 bridgehead atoms. The summed E-state index contributed by atoms with van der Waals surface area (Å²) in [5.74, 6) is 1.89. The van der Waals surface area contributed by atoms with E-state index in [2.05, 4.69) is 42.4 Å². The Labute approximate surface area is 126 Å². The monoisotopic (exact) mass is 288 g/mol. The molecular weight excluding hydrogens is 264 g/mol. The highest BCUT2D eigenvalue weighted by atomic mass is 16.5. The summed E-state index contributed by atoms with van der Waals surface area (Å²) < 4.78 is 10.8. The maximum absolute atomic E-state index is 5.60. The first-order valence-electron chi connectivity index (χ1n) is 7.29. The fraction of sp³-hybridized carbons (Fsp3) is 0.412. The molecule has 0 fully saturated rings. The van der Waals surface area contributed by atoms with E-state index >= 15 is 0 Å². The Morgan fingerprint density at radius 3 is 2.57 bits per heavy atom. The van der Waals surface area contributed by atoms with E-state index < -0.39 is 0 Å². The van der Waals surface area contributed by atoms with Crippen LogP contribution in [0.25, 0.3) is 0 Å². The minimum Gasteiger partial charge on any atom is -0.497 e. The first-order valence-corrected chi connectivity index (χ1v) is 7.29. The zero-order valence-corrected chi connectivity index (χ0v) is 13.1. The number of furan rings is 1. The molecule has 2 aromatic rings. The van der Waals surface area contributed by atoms with Gasteiger partial charge in [0.2, 0.25) is 0 Å². The van der Waals surface area contributed by atoms with Crippen molar-refractivity contribution in [3.05, 3.63) is 53.5 Å². The van der Waals surface area contributed by atoms with Gasteiger partial charge in [-0.15, -0.1) is 0 Å². The van der Waals surface area contributed by atoms with E-state index in [1.54, 1.807) is 7.11 Å². The Kier molecular flexibility index (Phi) is 5.84. The first-order chi connectivity index (χ1) is 10.2. The molecule has 1 heterocycles. The van der Waals surface area contributed by atoms with Crippen LogP contribution >= 0.6 is 0 Å². The molecule has 0 amide bonds. The summed E-state index contributed by atoms with van der Waals surface area (Å²) in [6.07, 6.45) is 1.83. The molecule has 0 atom stereocenters. The van der Waals surface area contributed by atoms with Crippen molar-refractivity contribution in [2.45, 2.75) is 26.6 Å². The van der Waals surface area contributed by atoms with Crippen LogP contribution < -0.4 is 10.1 Å². The summed E-state index contributed by atoms with van der Waals surface area (Å²) in [4.78, 5) is 2.23. The predicted octanol–water partition coefficient (Wildman–Crippen LogP) is 3.03. The van der Waals surface area contributed by atoms with Crippen molar-refractivity contribution >= 4 is 0 Å². The summed E-state index contributed by atoms with van der Waals surface area (Å²) in [5, 5.41) is 3.30. The van der Waals surface area contributed by atoms with Crippen LogP contribution in [-0.4, -0.2) is 25.6 Å². The molecule has 4 nitrogen and oxygen atoms in total. The number of benzene rings is 1. The summed E-state index contributed by atoms with van der Waals surface area (Å²) in [5.41, 5.74) is 2.46. The zero-order valence-electron chi connectivity index (χ0n) is 13.1. The molecule has 0 aliphatic rings. The lowest BCUT2D eigenvalue weighted by atomic mass is 10.2. The van der Waals surface area contributed by atoms with Crippen molar-refractivity contribution in [1.29, 1.82) is 0 Å². The lowest BCUT2D eigenvalue weighted by Gasteiger charge is -2.15. The number of rotatable bonds is 8. The normalized spacial score (nSPS) is 11.0. The zero-order chi connectivity index (χ0) is 15.1. The topological polar surface area (TPSA) is 37.6 Å². The molecule has 0 aliphatic heterocycles. The van der Waals surface area contributed by atoms with Crippen LogP contribution in [0.15, 0.2) is 41.0 Å². The van der Waals surface area contributed by atoms with Gasteiger partial charge >= 0.3 is 0 Å². The second-order valence-electron chi connectivity index (χ2n) is 5.22. The number of nitrogens with zero attached hydrogens (tertiary/aromatic N) is 1. The maximum atomic E-state index is 5.60. The lowest BCUT2D eigenvalue weighted by molar-refractivity contribution is 0.287. The third-order valence-corrected chi connectivity index (χ3v) is 3.32. The smallest absolute Gasteiger partial charge is 0.118 e. The summed E-state index contributed by atoms with van der Waals surface area (Å²) in [7, 11) is 3.78. The summed E-state index contributed by atoms with van der Waals surface area (Å²) in [6.45, 7) is 5.62. The van der Waals surface area contributed by atoms with Gasteiger partial charge in [0.25, 0.3) is 0 Å². The Bertz CT molecular complexity index is 534. The molecule has 2 rings (SSSR count). The van der Waals surface area contributed by atoms with Crippen LogP contribution in [0.4, 0.5) is 0 Å². The van der Waals surface area contributed by atoms with Crippen LogP contribution in [0.1, 0.15) is 23.8 Å². The molecule has 4 heteroatoms. The lowest BCUT2D eigenvalue weighted by Crippen LogP contribution is -2.16. The van der Waals surface area contributed by atoms with Crippen molar-refractivity contribution in [2.75, 3.05) is 20.7 Å². The standard InChI is InChI=1S/C17H24N2O2/c1-4-18-10-15-9-17(21-13-15)12-19(2)11-14-5-7-16(20-3)8-6-14/h5-9,13,18H,4,10-12H2,1-3H3. The Morgan fingerprint density at radius 2 is 1.90 bits per heavy atom. The average molecular weight is 288 g/mol. The van der Waals surface area contributed by atoms with Crippen LogP contribution in [0.3, 0.4) is 0 Å². The van der Waals surface area contributed by atoms with E-state index in [0.29, 0.717) is 0 Å². The molecule has 0 saturated heterocycles. The van der Waals surface area contributed by atoms with Crippen molar-refractivity contribution in [3.63, 3.8) is 0 Å². The van der Waals surface area contributed by atoms with Gasteiger partial charge in [0.15, 0.2) is 0 Å². The van der Waals surface area contributed by atoms with Crippen molar-refractivity contribution in [2.24, 2.45) is 0 Å². The second-order valence-corrected chi connectivity index (χ2v) is 5.22. The van der Waals surface area contributed by atoms with Crippen molar-refractivity contribution in [3.8, 4) is 5.75 Å². The van der Waals surface area contributed by atoms with Crippen LogP contribution in [0.5, 0.6) is 5.75 Å². The molecule has 0 unspecified atom stereocenters. The fourth-order valence-corrected chi connectivity index (χ4v) is 2.24. The Hall–Kier alpha value is -1.78. The fourth-order valence-electron chi connectivity index (χ4n) is 2.24. The third kappa shape index (κ3) is 4.92. The Morgan fingerprint density at radius 1 is 1.14 bits per heavy atom. The molecule has 0 spiro atoms. The van der Waals surface area contributed by atoms with Gasteiger partial charge in [-0.2, -0.15) is 0 Å². The van der Waals surface area contributed by atoms with Crippen molar-refractivity contribution < 1.29 is 9.15 Å². The van der Waals surface area contributed by atoms with E-state index in [9.17, 15) is 0 Å². The highest BCUT2D eigenvalue weighted by molar-refractivity contribution is 5.27. The predicted molar refractivity (Wildman–Crippen MR) is 84.3 cm³/mol. The largest absolute Gasteiger partial charge is 0.497 e. The number of ether oxygens (including phenoxy) is 1. The van der Waals surface area contributed by atoms with E-state index in [0.717, 1.165) is 37.7 Å². The van der Waals surface area contributed by atoms with Gasteiger partial charge in [0.1, 0.15) is 11.5 Å². The highest BCUT2D eigenvalue weighted by Gasteiger charge is 2.06. The number of nitrogens with one attached hydrogen (secondary N) is 1. The second kappa shape index (κ2) is 7.86.